The summed E-state index contributed by atoms with van der Waals surface area (Å²) in [5.74, 6) is 0.725. The van der Waals surface area contributed by atoms with Gasteiger partial charge in [0.05, 0.1) is 11.4 Å². The second kappa shape index (κ2) is 8.74. The molecule has 0 saturated heterocycles. The molecular weight excluding hydrogens is 340 g/mol. The Bertz CT molecular complexity index is 1020. The fourth-order valence-corrected chi connectivity index (χ4v) is 2.86. The van der Waals surface area contributed by atoms with Gasteiger partial charge >= 0.3 is 0 Å². The Morgan fingerprint density at radius 2 is 0.893 bits per heavy atom. The fourth-order valence-electron chi connectivity index (χ4n) is 2.86. The molecule has 4 rings (SSSR count). The third-order valence-electron chi connectivity index (χ3n) is 4.29. The van der Waals surface area contributed by atoms with E-state index >= 15 is 0 Å². The van der Waals surface area contributed by atoms with Crippen molar-refractivity contribution in [1.82, 2.24) is 9.97 Å². The summed E-state index contributed by atoms with van der Waals surface area (Å²) in [7, 11) is 0. The monoisotopic (exact) mass is 360 g/mol. The molecule has 1 aromatic heterocycles. The lowest BCUT2D eigenvalue weighted by molar-refractivity contribution is 1.15. The second-order valence-electron chi connectivity index (χ2n) is 6.40. The molecule has 0 N–H and O–H groups in total. The zero-order valence-corrected chi connectivity index (χ0v) is 15.4. The average molecular weight is 360 g/mol. The summed E-state index contributed by atoms with van der Waals surface area (Å²) in [5, 5.41) is 0. The van der Waals surface area contributed by atoms with Crippen molar-refractivity contribution in [2.45, 2.75) is 0 Å². The van der Waals surface area contributed by atoms with Gasteiger partial charge in [0.2, 0.25) is 0 Å². The lowest BCUT2D eigenvalue weighted by Gasteiger charge is -2.04. The number of benzene rings is 3. The predicted octanol–water partition coefficient (Wildman–Crippen LogP) is 6.48. The van der Waals surface area contributed by atoms with Gasteiger partial charge in [-0.15, -0.1) is 0 Å². The minimum Gasteiger partial charge on any atom is -0.229 e. The van der Waals surface area contributed by atoms with Crippen LogP contribution in [0.3, 0.4) is 0 Å². The molecule has 0 aliphatic rings. The van der Waals surface area contributed by atoms with Crippen LogP contribution >= 0.6 is 0 Å². The minimum absolute atomic E-state index is 0.725. The summed E-state index contributed by atoms with van der Waals surface area (Å²) in [6, 6.07) is 32.5. The SMILES string of the molecule is C(=Cc1cc(C=Cc2ccccc2)nc(-c2ccccc2)n1)c1ccccc1. The zero-order chi connectivity index (χ0) is 19.0. The number of aromatic nitrogens is 2. The second-order valence-corrected chi connectivity index (χ2v) is 6.40. The highest BCUT2D eigenvalue weighted by Gasteiger charge is 2.04. The van der Waals surface area contributed by atoms with Crippen molar-refractivity contribution in [3.05, 3.63) is 120 Å². The molecule has 0 radical (unpaired) electrons. The van der Waals surface area contributed by atoms with E-state index in [0.717, 1.165) is 33.9 Å². The van der Waals surface area contributed by atoms with Gasteiger partial charge in [0.1, 0.15) is 0 Å². The summed E-state index contributed by atoms with van der Waals surface area (Å²) in [5.41, 5.74) is 5.05. The maximum absolute atomic E-state index is 4.74. The van der Waals surface area contributed by atoms with Gasteiger partial charge in [-0.05, 0) is 29.3 Å². The van der Waals surface area contributed by atoms with E-state index in [1.165, 1.54) is 0 Å². The molecule has 0 bridgehead atoms. The van der Waals surface area contributed by atoms with Crippen LogP contribution in [0.2, 0.25) is 0 Å². The van der Waals surface area contributed by atoms with Gasteiger partial charge in [-0.2, -0.15) is 0 Å². The lowest BCUT2D eigenvalue weighted by Crippen LogP contribution is -1.94. The van der Waals surface area contributed by atoms with Crippen LogP contribution in [0, 0.1) is 0 Å². The molecule has 0 fully saturated rings. The molecule has 2 heteroatoms. The molecule has 4 aromatic rings. The maximum atomic E-state index is 4.74. The highest BCUT2D eigenvalue weighted by atomic mass is 14.9. The van der Waals surface area contributed by atoms with Crippen LogP contribution in [0.1, 0.15) is 22.5 Å². The van der Waals surface area contributed by atoms with Crippen LogP contribution in [0.5, 0.6) is 0 Å². The summed E-state index contributed by atoms with van der Waals surface area (Å²) < 4.78 is 0. The molecule has 3 aromatic carbocycles. The topological polar surface area (TPSA) is 25.8 Å². The first-order chi connectivity index (χ1) is 13.9. The highest BCUT2D eigenvalue weighted by Crippen LogP contribution is 2.18. The largest absolute Gasteiger partial charge is 0.229 e. The standard InChI is InChI=1S/C26H20N2/c1-4-10-21(11-5-1)16-18-24-20-25(19-17-22-12-6-2-7-13-22)28-26(27-24)23-14-8-3-9-15-23/h1-20H. The summed E-state index contributed by atoms with van der Waals surface area (Å²) in [6.45, 7) is 0. The number of hydrogen-bond acceptors (Lipinski definition) is 2. The van der Waals surface area contributed by atoms with E-state index in [1.54, 1.807) is 0 Å². The van der Waals surface area contributed by atoms with Crippen LogP contribution in [0.25, 0.3) is 35.7 Å². The van der Waals surface area contributed by atoms with Crippen molar-refractivity contribution in [1.29, 1.82) is 0 Å². The first-order valence-corrected chi connectivity index (χ1v) is 9.28. The van der Waals surface area contributed by atoms with Crippen LogP contribution in [-0.2, 0) is 0 Å². The van der Waals surface area contributed by atoms with Gasteiger partial charge in [-0.3, -0.25) is 0 Å². The Kier molecular flexibility index (Phi) is 5.50. The van der Waals surface area contributed by atoms with Crippen molar-refractivity contribution < 1.29 is 0 Å². The minimum atomic E-state index is 0.725. The quantitative estimate of drug-likeness (QED) is 0.407. The Hall–Kier alpha value is -3.78. The Morgan fingerprint density at radius 3 is 1.36 bits per heavy atom. The fraction of sp³-hybridized carbons (Fsp3) is 0. The van der Waals surface area contributed by atoms with E-state index in [1.807, 2.05) is 84.9 Å². The van der Waals surface area contributed by atoms with Crippen LogP contribution in [0.15, 0.2) is 97.1 Å². The first-order valence-electron chi connectivity index (χ1n) is 9.28. The van der Waals surface area contributed by atoms with Gasteiger partial charge in [0.25, 0.3) is 0 Å². The highest BCUT2D eigenvalue weighted by molar-refractivity contribution is 5.73. The van der Waals surface area contributed by atoms with Crippen molar-refractivity contribution in [3.63, 3.8) is 0 Å². The van der Waals surface area contributed by atoms with Gasteiger partial charge in [-0.1, -0.05) is 103 Å². The molecule has 0 saturated carbocycles. The summed E-state index contributed by atoms with van der Waals surface area (Å²) in [6.07, 6.45) is 8.20. The van der Waals surface area contributed by atoms with Crippen LogP contribution in [0.4, 0.5) is 0 Å². The van der Waals surface area contributed by atoms with E-state index in [-0.39, 0.29) is 0 Å². The van der Waals surface area contributed by atoms with E-state index in [2.05, 4.69) is 36.4 Å². The average Bonchev–Trinajstić information content (AvgIpc) is 2.78. The molecule has 1 heterocycles. The van der Waals surface area contributed by atoms with E-state index in [0.29, 0.717) is 0 Å². The molecule has 0 atom stereocenters. The molecule has 0 spiro atoms. The molecule has 134 valence electrons. The number of hydrogen-bond donors (Lipinski definition) is 0. The maximum Gasteiger partial charge on any atom is 0.160 e. The van der Waals surface area contributed by atoms with Gasteiger partial charge in [0.15, 0.2) is 5.82 Å². The number of nitrogens with zero attached hydrogens (tertiary/aromatic N) is 2. The molecule has 0 aliphatic carbocycles. The van der Waals surface area contributed by atoms with Crippen molar-refractivity contribution in [2.75, 3.05) is 0 Å². The summed E-state index contributed by atoms with van der Waals surface area (Å²) >= 11 is 0. The third kappa shape index (κ3) is 4.68. The van der Waals surface area contributed by atoms with Crippen molar-refractivity contribution >= 4 is 24.3 Å². The summed E-state index contributed by atoms with van der Waals surface area (Å²) in [4.78, 5) is 9.48. The van der Waals surface area contributed by atoms with Crippen LogP contribution < -0.4 is 0 Å². The Morgan fingerprint density at radius 1 is 0.464 bits per heavy atom. The van der Waals surface area contributed by atoms with E-state index in [4.69, 9.17) is 9.97 Å². The van der Waals surface area contributed by atoms with Crippen molar-refractivity contribution in [3.8, 4) is 11.4 Å². The zero-order valence-electron chi connectivity index (χ0n) is 15.4. The molecule has 0 aliphatic heterocycles. The Balaban J connectivity index is 1.71. The molecule has 2 nitrogen and oxygen atoms in total. The van der Waals surface area contributed by atoms with Gasteiger partial charge in [-0.25, -0.2) is 9.97 Å². The van der Waals surface area contributed by atoms with Crippen molar-refractivity contribution in [2.24, 2.45) is 0 Å². The molecular formula is C26H20N2. The van der Waals surface area contributed by atoms with E-state index < -0.39 is 0 Å². The van der Waals surface area contributed by atoms with E-state index in [9.17, 15) is 0 Å². The van der Waals surface area contributed by atoms with Gasteiger partial charge < -0.3 is 0 Å². The van der Waals surface area contributed by atoms with Gasteiger partial charge in [0, 0.05) is 5.56 Å². The molecule has 0 unspecified atom stereocenters. The Labute approximate surface area is 165 Å². The molecule has 28 heavy (non-hydrogen) atoms. The predicted molar refractivity (Wildman–Crippen MR) is 118 cm³/mol. The normalized spacial score (nSPS) is 11.3. The third-order valence-corrected chi connectivity index (χ3v) is 4.29. The first kappa shape index (κ1) is 17.6. The smallest absolute Gasteiger partial charge is 0.160 e. The lowest BCUT2D eigenvalue weighted by atomic mass is 10.1. The number of rotatable bonds is 5. The molecule has 0 amide bonds. The van der Waals surface area contributed by atoms with Crippen LogP contribution in [-0.4, -0.2) is 9.97 Å².